The van der Waals surface area contributed by atoms with E-state index in [9.17, 15) is 0 Å². The number of rotatable bonds is 3. The van der Waals surface area contributed by atoms with Gasteiger partial charge in [0.15, 0.2) is 0 Å². The Balaban J connectivity index is 2.35. The van der Waals surface area contributed by atoms with E-state index in [1.165, 1.54) is 16.7 Å². The van der Waals surface area contributed by atoms with Gasteiger partial charge in [0.1, 0.15) is 0 Å². The van der Waals surface area contributed by atoms with Crippen LogP contribution in [0.5, 0.6) is 0 Å². The molecule has 1 aromatic carbocycles. The molecule has 1 atom stereocenters. The zero-order chi connectivity index (χ0) is 13.6. The smallest absolute Gasteiger partial charge is 0.0503 e. The van der Waals surface area contributed by atoms with Crippen LogP contribution in [0.1, 0.15) is 56.3 Å². The number of hydrogen-bond donors (Lipinski definition) is 2. The summed E-state index contributed by atoms with van der Waals surface area (Å²) in [4.78, 5) is 0. The maximum absolute atomic E-state index is 6.36. The highest BCUT2D eigenvalue weighted by Gasteiger charge is 2.46. The Hall–Kier alpha value is -0.860. The van der Waals surface area contributed by atoms with Gasteiger partial charge in [-0.05, 0) is 48.9 Å². The molecule has 1 unspecified atom stereocenters. The molecular weight excluding hydrogens is 220 g/mol. The third-order valence-corrected chi connectivity index (χ3v) is 4.14. The first-order valence-electron chi connectivity index (χ1n) is 6.85. The predicted octanol–water partition coefficient (Wildman–Crippen LogP) is 3.04. The first-order chi connectivity index (χ1) is 8.28. The Morgan fingerprint density at radius 3 is 2.28 bits per heavy atom. The molecule has 0 heterocycles. The van der Waals surface area contributed by atoms with Crippen LogP contribution < -0.4 is 11.1 Å². The highest BCUT2D eigenvalue weighted by molar-refractivity contribution is 5.38. The van der Waals surface area contributed by atoms with Crippen molar-refractivity contribution in [2.45, 2.75) is 57.5 Å². The minimum atomic E-state index is -0.0250. The third kappa shape index (κ3) is 2.45. The lowest BCUT2D eigenvalue weighted by molar-refractivity contribution is 0.459. The van der Waals surface area contributed by atoms with Crippen LogP contribution in [0, 0.1) is 6.92 Å². The molecular formula is C16H26N2. The molecule has 2 rings (SSSR count). The third-order valence-electron chi connectivity index (χ3n) is 4.14. The number of hydrogen-bond acceptors (Lipinski definition) is 2. The lowest BCUT2D eigenvalue weighted by Crippen LogP contribution is -2.38. The summed E-state index contributed by atoms with van der Waals surface area (Å²) in [5.74, 6) is 0. The Kier molecular flexibility index (Phi) is 3.28. The minimum Gasteiger partial charge on any atom is -0.323 e. The van der Waals surface area contributed by atoms with E-state index in [2.05, 4.69) is 51.2 Å². The largest absolute Gasteiger partial charge is 0.323 e. The molecule has 100 valence electrons. The van der Waals surface area contributed by atoms with E-state index < -0.39 is 0 Å². The van der Waals surface area contributed by atoms with Gasteiger partial charge in [-0.15, -0.1) is 0 Å². The van der Waals surface area contributed by atoms with Crippen molar-refractivity contribution in [1.29, 1.82) is 0 Å². The van der Waals surface area contributed by atoms with Crippen molar-refractivity contribution < 1.29 is 0 Å². The summed E-state index contributed by atoms with van der Waals surface area (Å²) < 4.78 is 0. The van der Waals surface area contributed by atoms with Gasteiger partial charge < -0.3 is 11.1 Å². The van der Waals surface area contributed by atoms with E-state index in [-0.39, 0.29) is 17.0 Å². The van der Waals surface area contributed by atoms with Gasteiger partial charge in [-0.3, -0.25) is 0 Å². The molecule has 0 aliphatic heterocycles. The van der Waals surface area contributed by atoms with E-state index >= 15 is 0 Å². The second-order valence-corrected chi connectivity index (χ2v) is 6.78. The zero-order valence-electron chi connectivity index (χ0n) is 12.3. The molecule has 2 heteroatoms. The Morgan fingerprint density at radius 1 is 1.28 bits per heavy atom. The maximum Gasteiger partial charge on any atom is 0.0503 e. The molecule has 18 heavy (non-hydrogen) atoms. The van der Waals surface area contributed by atoms with Crippen LogP contribution in [0.25, 0.3) is 0 Å². The van der Waals surface area contributed by atoms with Crippen LogP contribution in [0.4, 0.5) is 0 Å². The van der Waals surface area contributed by atoms with Gasteiger partial charge in [-0.1, -0.05) is 39.0 Å². The second kappa shape index (κ2) is 4.36. The van der Waals surface area contributed by atoms with Crippen LogP contribution in [-0.4, -0.2) is 12.6 Å². The van der Waals surface area contributed by atoms with Crippen LogP contribution in [0.15, 0.2) is 18.2 Å². The molecule has 1 saturated carbocycles. The van der Waals surface area contributed by atoms with Crippen molar-refractivity contribution >= 4 is 0 Å². The highest BCUT2D eigenvalue weighted by Crippen LogP contribution is 2.44. The van der Waals surface area contributed by atoms with E-state index in [1.54, 1.807) is 0 Å². The quantitative estimate of drug-likeness (QED) is 0.860. The number of nitrogens with two attached hydrogens (primary N) is 1. The molecule has 3 N–H and O–H groups in total. The average molecular weight is 246 g/mol. The van der Waals surface area contributed by atoms with Crippen molar-refractivity contribution in [3.8, 4) is 0 Å². The average Bonchev–Trinajstić information content (AvgIpc) is 2.99. The van der Waals surface area contributed by atoms with Crippen LogP contribution in [-0.2, 0) is 5.41 Å². The molecule has 1 aromatic rings. The fraction of sp³-hybridized carbons (Fsp3) is 0.625. The zero-order valence-corrected chi connectivity index (χ0v) is 12.3. The molecule has 0 saturated heterocycles. The second-order valence-electron chi connectivity index (χ2n) is 6.78. The monoisotopic (exact) mass is 246 g/mol. The van der Waals surface area contributed by atoms with E-state index in [4.69, 9.17) is 5.73 Å². The molecule has 0 spiro atoms. The van der Waals surface area contributed by atoms with Crippen LogP contribution in [0.2, 0.25) is 0 Å². The fourth-order valence-electron chi connectivity index (χ4n) is 2.65. The SMILES string of the molecule is CNC(c1ccc(C(C)(C)C)cc1C)C1(N)CC1. The summed E-state index contributed by atoms with van der Waals surface area (Å²) in [5.41, 5.74) is 10.6. The van der Waals surface area contributed by atoms with E-state index in [0.29, 0.717) is 0 Å². The molecule has 0 aromatic heterocycles. The summed E-state index contributed by atoms with van der Waals surface area (Å²) in [7, 11) is 2.01. The molecule has 1 aliphatic carbocycles. The summed E-state index contributed by atoms with van der Waals surface area (Å²) in [6.07, 6.45) is 2.25. The fourth-order valence-corrected chi connectivity index (χ4v) is 2.65. The van der Waals surface area contributed by atoms with E-state index in [1.807, 2.05) is 7.05 Å². The van der Waals surface area contributed by atoms with Gasteiger partial charge in [0.25, 0.3) is 0 Å². The van der Waals surface area contributed by atoms with Gasteiger partial charge in [0.2, 0.25) is 0 Å². The highest BCUT2D eigenvalue weighted by atomic mass is 15.0. The minimum absolute atomic E-state index is 0.0250. The molecule has 2 nitrogen and oxygen atoms in total. The number of nitrogens with one attached hydrogen (secondary N) is 1. The van der Waals surface area contributed by atoms with Gasteiger partial charge in [0, 0.05) is 5.54 Å². The Labute approximate surface area is 111 Å². The summed E-state index contributed by atoms with van der Waals surface area (Å²) in [6, 6.07) is 7.10. The number of likely N-dealkylation sites (N-methyl/N-ethyl adjacent to an activating group) is 1. The maximum atomic E-state index is 6.36. The molecule has 0 radical (unpaired) electrons. The lowest BCUT2D eigenvalue weighted by atomic mass is 9.83. The molecule has 1 fully saturated rings. The molecule has 1 aliphatic rings. The van der Waals surface area contributed by atoms with Gasteiger partial charge >= 0.3 is 0 Å². The standard InChI is InChI=1S/C16H26N2/c1-11-10-12(15(2,3)4)6-7-13(11)14(18-5)16(17)8-9-16/h6-7,10,14,18H,8-9,17H2,1-5H3. The van der Waals surface area contributed by atoms with Crippen molar-refractivity contribution in [2.75, 3.05) is 7.05 Å². The predicted molar refractivity (Wildman–Crippen MR) is 77.8 cm³/mol. The normalized spacial score (nSPS) is 19.7. The number of aryl methyl sites for hydroxylation is 1. The first-order valence-corrected chi connectivity index (χ1v) is 6.85. The molecule has 0 amide bonds. The lowest BCUT2D eigenvalue weighted by Gasteiger charge is -2.27. The molecule has 0 bridgehead atoms. The van der Waals surface area contributed by atoms with Gasteiger partial charge in [-0.25, -0.2) is 0 Å². The number of benzene rings is 1. The van der Waals surface area contributed by atoms with Crippen molar-refractivity contribution in [2.24, 2.45) is 5.73 Å². The van der Waals surface area contributed by atoms with Gasteiger partial charge in [0.05, 0.1) is 6.04 Å². The van der Waals surface area contributed by atoms with Crippen molar-refractivity contribution in [3.05, 3.63) is 34.9 Å². The van der Waals surface area contributed by atoms with E-state index in [0.717, 1.165) is 12.8 Å². The summed E-state index contributed by atoms with van der Waals surface area (Å²) in [6.45, 7) is 8.95. The van der Waals surface area contributed by atoms with Crippen molar-refractivity contribution in [3.63, 3.8) is 0 Å². The first kappa shape index (κ1) is 13.6. The van der Waals surface area contributed by atoms with Crippen molar-refractivity contribution in [1.82, 2.24) is 5.32 Å². The Bertz CT molecular complexity index is 439. The topological polar surface area (TPSA) is 38.0 Å². The van der Waals surface area contributed by atoms with Crippen LogP contribution in [0.3, 0.4) is 0 Å². The summed E-state index contributed by atoms with van der Waals surface area (Å²) >= 11 is 0. The van der Waals surface area contributed by atoms with Gasteiger partial charge in [-0.2, -0.15) is 0 Å². The summed E-state index contributed by atoms with van der Waals surface area (Å²) in [5, 5.41) is 3.39. The Morgan fingerprint density at radius 2 is 1.89 bits per heavy atom. The van der Waals surface area contributed by atoms with Crippen LogP contribution >= 0.6 is 0 Å².